The summed E-state index contributed by atoms with van der Waals surface area (Å²) in [5.41, 5.74) is 12.9. The van der Waals surface area contributed by atoms with Crippen LogP contribution in [0.2, 0.25) is 0 Å². The van der Waals surface area contributed by atoms with E-state index in [-0.39, 0.29) is 0 Å². The minimum Gasteiger partial charge on any atom is -0.328 e. The first-order chi connectivity index (χ1) is 5.11. The maximum Gasteiger partial charge on any atom is 0.0106 e. The van der Waals surface area contributed by atoms with E-state index in [0.29, 0.717) is 18.0 Å². The molecule has 3 atom stereocenters. The monoisotopic (exact) mass is 154 g/mol. The first kappa shape index (κ1) is 8.75. The molecule has 0 aromatic heterocycles. The van der Waals surface area contributed by atoms with Gasteiger partial charge in [0, 0.05) is 12.1 Å². The summed E-state index contributed by atoms with van der Waals surface area (Å²) in [7, 11) is 0. The van der Waals surface area contributed by atoms with Crippen molar-refractivity contribution in [3.63, 3.8) is 0 Å². The number of hydrogen-bond acceptors (Lipinski definition) is 2. The van der Waals surface area contributed by atoms with E-state index in [9.17, 15) is 0 Å². The Labute approximate surface area is 68.6 Å². The Morgan fingerprint density at radius 3 is 2.45 bits per heavy atom. The number of rotatable bonds is 1. The molecule has 3 unspecified atom stereocenters. The zero-order chi connectivity index (χ0) is 8.43. The van der Waals surface area contributed by atoms with Crippen molar-refractivity contribution in [3.05, 3.63) is 12.2 Å². The van der Waals surface area contributed by atoms with E-state index in [2.05, 4.69) is 6.58 Å². The van der Waals surface area contributed by atoms with Gasteiger partial charge in [0.2, 0.25) is 0 Å². The number of nitrogens with two attached hydrogens (primary N) is 2. The molecule has 64 valence electrons. The maximum atomic E-state index is 5.93. The van der Waals surface area contributed by atoms with Crippen LogP contribution in [0.1, 0.15) is 26.2 Å². The van der Waals surface area contributed by atoms with Gasteiger partial charge >= 0.3 is 0 Å². The molecule has 1 aliphatic rings. The van der Waals surface area contributed by atoms with Crippen molar-refractivity contribution >= 4 is 0 Å². The molecule has 11 heavy (non-hydrogen) atoms. The Morgan fingerprint density at radius 2 is 2.00 bits per heavy atom. The van der Waals surface area contributed by atoms with Crippen LogP contribution < -0.4 is 11.5 Å². The van der Waals surface area contributed by atoms with Crippen molar-refractivity contribution in [2.24, 2.45) is 17.4 Å². The second-order valence-electron chi connectivity index (χ2n) is 3.69. The summed E-state index contributed by atoms with van der Waals surface area (Å²) in [5.74, 6) is 0.457. The summed E-state index contributed by atoms with van der Waals surface area (Å²) in [6, 6.07) is 0.642. The van der Waals surface area contributed by atoms with Crippen LogP contribution in [0.5, 0.6) is 0 Å². The maximum absolute atomic E-state index is 5.93. The van der Waals surface area contributed by atoms with Crippen LogP contribution in [0.4, 0.5) is 0 Å². The van der Waals surface area contributed by atoms with Crippen molar-refractivity contribution in [3.8, 4) is 0 Å². The molecule has 0 aromatic carbocycles. The summed E-state index contributed by atoms with van der Waals surface area (Å²) in [4.78, 5) is 0. The van der Waals surface area contributed by atoms with Crippen LogP contribution in [-0.4, -0.2) is 12.1 Å². The Balaban J connectivity index is 2.54. The Morgan fingerprint density at radius 1 is 1.36 bits per heavy atom. The molecule has 1 rings (SSSR count). The lowest BCUT2D eigenvalue weighted by atomic mass is 9.79. The zero-order valence-electron chi connectivity index (χ0n) is 7.22. The molecular weight excluding hydrogens is 136 g/mol. The standard InChI is InChI=1S/C9H18N2/c1-6(2)8-5-7(10)3-4-9(8)11/h7-9H,1,3-5,10-11H2,2H3. The van der Waals surface area contributed by atoms with Crippen LogP contribution >= 0.6 is 0 Å². The molecule has 1 fully saturated rings. The molecule has 0 aliphatic heterocycles. The van der Waals surface area contributed by atoms with Crippen molar-refractivity contribution < 1.29 is 0 Å². The van der Waals surface area contributed by atoms with Gasteiger partial charge in [-0.1, -0.05) is 12.2 Å². The minimum absolute atomic E-state index is 0.298. The minimum atomic E-state index is 0.298. The Kier molecular flexibility index (Phi) is 2.68. The van der Waals surface area contributed by atoms with Crippen LogP contribution in [-0.2, 0) is 0 Å². The molecule has 0 aromatic rings. The smallest absolute Gasteiger partial charge is 0.0106 e. The third kappa shape index (κ3) is 2.04. The predicted molar refractivity (Wildman–Crippen MR) is 48.1 cm³/mol. The van der Waals surface area contributed by atoms with Crippen LogP contribution in [0.25, 0.3) is 0 Å². The predicted octanol–water partition coefficient (Wildman–Crippen LogP) is 1.02. The highest BCUT2D eigenvalue weighted by atomic mass is 14.7. The quantitative estimate of drug-likeness (QED) is 0.554. The van der Waals surface area contributed by atoms with Gasteiger partial charge in [-0.3, -0.25) is 0 Å². The van der Waals surface area contributed by atoms with Gasteiger partial charge in [-0.15, -0.1) is 0 Å². The zero-order valence-corrected chi connectivity index (χ0v) is 7.22. The average molecular weight is 154 g/mol. The van der Waals surface area contributed by atoms with Crippen molar-refractivity contribution in [2.45, 2.75) is 38.3 Å². The highest BCUT2D eigenvalue weighted by Crippen LogP contribution is 2.26. The second kappa shape index (κ2) is 3.37. The molecule has 0 spiro atoms. The molecule has 1 aliphatic carbocycles. The fraction of sp³-hybridized carbons (Fsp3) is 0.778. The molecule has 2 nitrogen and oxygen atoms in total. The normalized spacial score (nSPS) is 38.6. The third-order valence-corrected chi connectivity index (χ3v) is 2.58. The summed E-state index contributed by atoms with van der Waals surface area (Å²) in [6.07, 6.45) is 3.15. The fourth-order valence-corrected chi connectivity index (χ4v) is 1.79. The Bertz CT molecular complexity index is 154. The molecule has 0 amide bonds. The molecule has 0 radical (unpaired) electrons. The highest BCUT2D eigenvalue weighted by Gasteiger charge is 2.26. The van der Waals surface area contributed by atoms with Crippen LogP contribution in [0.15, 0.2) is 12.2 Å². The average Bonchev–Trinajstić information content (AvgIpc) is 1.94. The van der Waals surface area contributed by atoms with E-state index in [1.807, 2.05) is 6.92 Å². The van der Waals surface area contributed by atoms with E-state index >= 15 is 0 Å². The highest BCUT2D eigenvalue weighted by molar-refractivity contribution is 5.04. The summed E-state index contributed by atoms with van der Waals surface area (Å²) >= 11 is 0. The second-order valence-corrected chi connectivity index (χ2v) is 3.69. The van der Waals surface area contributed by atoms with Crippen LogP contribution in [0.3, 0.4) is 0 Å². The van der Waals surface area contributed by atoms with Gasteiger partial charge < -0.3 is 11.5 Å². The van der Waals surface area contributed by atoms with E-state index < -0.39 is 0 Å². The molecule has 0 saturated heterocycles. The van der Waals surface area contributed by atoms with Gasteiger partial charge in [0.25, 0.3) is 0 Å². The summed E-state index contributed by atoms with van der Waals surface area (Å²) < 4.78 is 0. The molecule has 1 saturated carbocycles. The lowest BCUT2D eigenvalue weighted by Crippen LogP contribution is -2.41. The van der Waals surface area contributed by atoms with Gasteiger partial charge in [-0.05, 0) is 32.1 Å². The number of hydrogen-bond donors (Lipinski definition) is 2. The van der Waals surface area contributed by atoms with Gasteiger partial charge in [0.1, 0.15) is 0 Å². The molecule has 2 heteroatoms. The van der Waals surface area contributed by atoms with Gasteiger partial charge in [-0.2, -0.15) is 0 Å². The lowest BCUT2D eigenvalue weighted by molar-refractivity contribution is 0.314. The largest absolute Gasteiger partial charge is 0.328 e. The van der Waals surface area contributed by atoms with Crippen molar-refractivity contribution in [1.29, 1.82) is 0 Å². The van der Waals surface area contributed by atoms with Crippen LogP contribution in [0, 0.1) is 5.92 Å². The molecule has 4 N–H and O–H groups in total. The van der Waals surface area contributed by atoms with Crippen molar-refractivity contribution in [2.75, 3.05) is 0 Å². The van der Waals surface area contributed by atoms with E-state index in [4.69, 9.17) is 11.5 Å². The molecule has 0 bridgehead atoms. The lowest BCUT2D eigenvalue weighted by Gasteiger charge is -2.32. The first-order valence-corrected chi connectivity index (χ1v) is 4.28. The van der Waals surface area contributed by atoms with Gasteiger partial charge in [0.05, 0.1) is 0 Å². The Hall–Kier alpha value is -0.340. The first-order valence-electron chi connectivity index (χ1n) is 4.28. The third-order valence-electron chi connectivity index (χ3n) is 2.58. The molecule has 0 heterocycles. The summed E-state index contributed by atoms with van der Waals surface area (Å²) in [5, 5.41) is 0. The fourth-order valence-electron chi connectivity index (χ4n) is 1.79. The molecular formula is C9H18N2. The van der Waals surface area contributed by atoms with Crippen molar-refractivity contribution in [1.82, 2.24) is 0 Å². The van der Waals surface area contributed by atoms with E-state index in [1.54, 1.807) is 0 Å². The summed E-state index contributed by atoms with van der Waals surface area (Å²) in [6.45, 7) is 5.97. The topological polar surface area (TPSA) is 52.0 Å². The van der Waals surface area contributed by atoms with Gasteiger partial charge in [-0.25, -0.2) is 0 Å². The van der Waals surface area contributed by atoms with E-state index in [0.717, 1.165) is 19.3 Å². The SMILES string of the molecule is C=C(C)C1CC(N)CCC1N. The van der Waals surface area contributed by atoms with Gasteiger partial charge in [0.15, 0.2) is 0 Å². The van der Waals surface area contributed by atoms with E-state index in [1.165, 1.54) is 5.57 Å².